The van der Waals surface area contributed by atoms with Crippen LogP contribution in [0.2, 0.25) is 5.02 Å². The lowest BCUT2D eigenvalue weighted by Gasteiger charge is -2.18. The fourth-order valence-corrected chi connectivity index (χ4v) is 4.77. The molecule has 0 fully saturated rings. The number of rotatable bonds is 8. The minimum Gasteiger partial charge on any atom is -0.481 e. The van der Waals surface area contributed by atoms with Crippen LogP contribution < -0.4 is 14.8 Å². The first-order chi connectivity index (χ1) is 16.7. The maximum absolute atomic E-state index is 12.8. The summed E-state index contributed by atoms with van der Waals surface area (Å²) in [7, 11) is -3.81. The maximum atomic E-state index is 12.8. The van der Waals surface area contributed by atoms with E-state index in [2.05, 4.69) is 10.0 Å². The number of amides is 1. The lowest BCUT2D eigenvalue weighted by molar-refractivity contribution is -0.122. The molecule has 4 rings (SSSR count). The van der Waals surface area contributed by atoms with Crippen molar-refractivity contribution in [3.8, 4) is 5.75 Å². The van der Waals surface area contributed by atoms with E-state index in [4.69, 9.17) is 16.3 Å². The molecule has 6 nitrogen and oxygen atoms in total. The van der Waals surface area contributed by atoms with Gasteiger partial charge >= 0.3 is 0 Å². The molecule has 4 aromatic carbocycles. The topological polar surface area (TPSA) is 84.5 Å². The molecule has 35 heavy (non-hydrogen) atoms. The molecule has 0 spiro atoms. The maximum Gasteiger partial charge on any atom is 0.265 e. The molecule has 0 saturated carbocycles. The van der Waals surface area contributed by atoms with Crippen LogP contribution in [0.3, 0.4) is 0 Å². The van der Waals surface area contributed by atoms with Crippen LogP contribution in [0.5, 0.6) is 5.75 Å². The molecule has 0 heterocycles. The quantitative estimate of drug-likeness (QED) is 0.288. The third kappa shape index (κ3) is 5.93. The van der Waals surface area contributed by atoms with E-state index in [-0.39, 0.29) is 10.8 Å². The molecule has 2 N–H and O–H groups in total. The van der Waals surface area contributed by atoms with Crippen LogP contribution in [0.1, 0.15) is 18.9 Å². The zero-order chi connectivity index (χ0) is 25.0. The van der Waals surface area contributed by atoms with Gasteiger partial charge in [-0.15, -0.1) is 0 Å². The number of hydrogen-bond acceptors (Lipinski definition) is 4. The molecule has 0 unspecified atom stereocenters. The lowest BCUT2D eigenvalue weighted by Crippen LogP contribution is -2.32. The number of halogens is 1. The number of sulfonamides is 1. The molecule has 0 aliphatic carbocycles. The number of ether oxygens (including phenoxy) is 1. The Bertz CT molecular complexity index is 1470. The normalized spacial score (nSPS) is 12.2. The molecule has 0 aliphatic rings. The van der Waals surface area contributed by atoms with Gasteiger partial charge in [0.05, 0.1) is 10.6 Å². The van der Waals surface area contributed by atoms with E-state index < -0.39 is 16.1 Å². The van der Waals surface area contributed by atoms with E-state index >= 15 is 0 Å². The average molecular weight is 509 g/mol. The molecule has 0 saturated heterocycles. The summed E-state index contributed by atoms with van der Waals surface area (Å²) < 4.78 is 33.9. The summed E-state index contributed by atoms with van der Waals surface area (Å²) in [4.78, 5) is 12.9. The highest BCUT2D eigenvalue weighted by atomic mass is 35.5. The van der Waals surface area contributed by atoms with Crippen molar-refractivity contribution in [2.24, 2.45) is 0 Å². The van der Waals surface area contributed by atoms with Crippen LogP contribution in [0.15, 0.2) is 89.8 Å². The molecule has 8 heteroatoms. The fourth-order valence-electron chi connectivity index (χ4n) is 3.54. The first kappa shape index (κ1) is 24.6. The highest BCUT2D eigenvalue weighted by Crippen LogP contribution is 2.24. The van der Waals surface area contributed by atoms with Crippen LogP contribution in [-0.4, -0.2) is 20.4 Å². The van der Waals surface area contributed by atoms with Gasteiger partial charge in [-0.25, -0.2) is 8.42 Å². The monoisotopic (exact) mass is 508 g/mol. The van der Waals surface area contributed by atoms with E-state index in [9.17, 15) is 13.2 Å². The van der Waals surface area contributed by atoms with Gasteiger partial charge in [-0.2, -0.15) is 0 Å². The molecule has 0 bridgehead atoms. The van der Waals surface area contributed by atoms with Crippen molar-refractivity contribution in [1.82, 2.24) is 0 Å². The van der Waals surface area contributed by atoms with Gasteiger partial charge < -0.3 is 10.1 Å². The zero-order valence-corrected chi connectivity index (χ0v) is 20.9. The Hall–Kier alpha value is -3.55. The highest BCUT2D eigenvalue weighted by Gasteiger charge is 2.20. The highest BCUT2D eigenvalue weighted by molar-refractivity contribution is 7.92. The van der Waals surface area contributed by atoms with Crippen molar-refractivity contribution in [1.29, 1.82) is 0 Å². The number of hydrogen-bond donors (Lipinski definition) is 2. The lowest BCUT2D eigenvalue weighted by atomic mass is 10.1. The van der Waals surface area contributed by atoms with Gasteiger partial charge in [-0.05, 0) is 78.2 Å². The summed E-state index contributed by atoms with van der Waals surface area (Å²) in [6.45, 7) is 3.70. The van der Waals surface area contributed by atoms with Crippen molar-refractivity contribution >= 4 is 49.7 Å². The third-order valence-electron chi connectivity index (χ3n) is 5.52. The molecular formula is C27H25ClN2O4S. The van der Waals surface area contributed by atoms with E-state index in [0.717, 1.165) is 16.3 Å². The van der Waals surface area contributed by atoms with Crippen LogP contribution in [0, 0.1) is 6.92 Å². The smallest absolute Gasteiger partial charge is 0.265 e. The predicted molar refractivity (Wildman–Crippen MR) is 141 cm³/mol. The largest absolute Gasteiger partial charge is 0.481 e. The molecule has 4 aromatic rings. The Balaban J connectivity index is 1.42. The molecule has 1 atom stereocenters. The van der Waals surface area contributed by atoms with Crippen LogP contribution in [0.25, 0.3) is 10.8 Å². The minimum atomic E-state index is -3.81. The van der Waals surface area contributed by atoms with Gasteiger partial charge in [-0.3, -0.25) is 9.52 Å². The Morgan fingerprint density at radius 1 is 0.914 bits per heavy atom. The molecular weight excluding hydrogens is 484 g/mol. The Morgan fingerprint density at radius 2 is 1.60 bits per heavy atom. The van der Waals surface area contributed by atoms with E-state index in [1.165, 1.54) is 24.3 Å². The van der Waals surface area contributed by atoms with E-state index in [1.807, 2.05) is 56.3 Å². The minimum absolute atomic E-state index is 0.0617. The number of benzene rings is 4. The Morgan fingerprint density at radius 3 is 2.29 bits per heavy atom. The number of aryl methyl sites for hydroxylation is 1. The molecule has 180 valence electrons. The Kier molecular flexibility index (Phi) is 7.28. The van der Waals surface area contributed by atoms with E-state index in [0.29, 0.717) is 28.6 Å². The van der Waals surface area contributed by atoms with E-state index in [1.54, 1.807) is 18.2 Å². The second-order valence-electron chi connectivity index (χ2n) is 8.11. The molecule has 0 aliphatic heterocycles. The van der Waals surface area contributed by atoms with Gasteiger partial charge in [0, 0.05) is 10.7 Å². The summed E-state index contributed by atoms with van der Waals surface area (Å²) in [5.41, 5.74) is 1.69. The number of anilines is 2. The predicted octanol–water partition coefficient (Wildman–Crippen LogP) is 6.40. The summed E-state index contributed by atoms with van der Waals surface area (Å²) in [5, 5.41) is 5.38. The fraction of sp³-hybridized carbons (Fsp3) is 0.148. The van der Waals surface area contributed by atoms with Gasteiger partial charge in [0.15, 0.2) is 6.10 Å². The second-order valence-corrected chi connectivity index (χ2v) is 10.2. The number of nitrogens with one attached hydrogen (secondary N) is 2. The summed E-state index contributed by atoms with van der Waals surface area (Å²) in [6, 6.07) is 24.5. The van der Waals surface area contributed by atoms with Gasteiger partial charge in [0.2, 0.25) is 0 Å². The van der Waals surface area contributed by atoms with Crippen molar-refractivity contribution in [2.45, 2.75) is 31.3 Å². The third-order valence-corrected chi connectivity index (χ3v) is 7.32. The van der Waals surface area contributed by atoms with Gasteiger partial charge in [0.1, 0.15) is 5.75 Å². The summed E-state index contributed by atoms with van der Waals surface area (Å²) >= 11 is 6.09. The number of carbonyl (C=O) groups excluding carboxylic acids is 1. The van der Waals surface area contributed by atoms with Crippen molar-refractivity contribution in [3.63, 3.8) is 0 Å². The van der Waals surface area contributed by atoms with Gasteiger partial charge in [-0.1, -0.05) is 54.9 Å². The zero-order valence-electron chi connectivity index (χ0n) is 19.3. The average Bonchev–Trinajstić information content (AvgIpc) is 2.85. The number of carbonyl (C=O) groups is 1. The summed E-state index contributed by atoms with van der Waals surface area (Å²) in [6.07, 6.45) is -0.235. The van der Waals surface area contributed by atoms with Crippen molar-refractivity contribution < 1.29 is 17.9 Å². The number of fused-ring (bicyclic) bond motifs is 1. The van der Waals surface area contributed by atoms with Crippen molar-refractivity contribution in [3.05, 3.63) is 95.5 Å². The second kappa shape index (κ2) is 10.4. The summed E-state index contributed by atoms with van der Waals surface area (Å²) in [5.74, 6) is 0.290. The molecule has 0 radical (unpaired) electrons. The van der Waals surface area contributed by atoms with Crippen LogP contribution in [-0.2, 0) is 14.8 Å². The van der Waals surface area contributed by atoms with Crippen LogP contribution in [0.4, 0.5) is 11.4 Å². The Labute approximate surface area is 209 Å². The first-order valence-electron chi connectivity index (χ1n) is 11.1. The van der Waals surface area contributed by atoms with Crippen LogP contribution >= 0.6 is 11.6 Å². The van der Waals surface area contributed by atoms with Crippen molar-refractivity contribution in [2.75, 3.05) is 10.0 Å². The SMILES string of the molecule is CC[C@H](Oc1ccc2ccccc2c1)C(=O)Nc1ccc(S(=O)(=O)Nc2ccc(C)c(Cl)c2)cc1. The molecule has 0 aromatic heterocycles. The standard InChI is InChI=1S/C27H25ClN2O4S/c1-3-26(34-23-13-9-19-6-4-5-7-20(19)16-23)27(31)29-21-11-14-24(15-12-21)35(32,33)30-22-10-8-18(2)25(28)17-22/h4-17,26,30H,3H2,1-2H3,(H,29,31)/t26-/m0/s1. The van der Waals surface area contributed by atoms with Gasteiger partial charge in [0.25, 0.3) is 15.9 Å². The molecule has 1 amide bonds. The first-order valence-corrected chi connectivity index (χ1v) is 13.0.